The fourth-order valence-corrected chi connectivity index (χ4v) is 5.13. The number of hydrogen-bond donors (Lipinski definition) is 1. The van der Waals surface area contributed by atoms with E-state index in [2.05, 4.69) is 35.7 Å². The van der Waals surface area contributed by atoms with Crippen molar-refractivity contribution in [3.05, 3.63) is 41.5 Å². The van der Waals surface area contributed by atoms with Crippen molar-refractivity contribution in [3.8, 4) is 5.75 Å². The van der Waals surface area contributed by atoms with Crippen molar-refractivity contribution in [3.63, 3.8) is 0 Å². The predicted molar refractivity (Wildman–Crippen MR) is 74.5 cm³/mol. The van der Waals surface area contributed by atoms with Crippen LogP contribution in [0.5, 0.6) is 5.75 Å². The smallest absolute Gasteiger partial charge is 0.123 e. The second kappa shape index (κ2) is 3.43. The molecule has 19 heavy (non-hydrogen) atoms. The van der Waals surface area contributed by atoms with Crippen molar-refractivity contribution in [2.24, 2.45) is 5.92 Å². The first-order chi connectivity index (χ1) is 9.39. The lowest BCUT2D eigenvalue weighted by Crippen LogP contribution is -2.55. The van der Waals surface area contributed by atoms with Crippen LogP contribution in [0.3, 0.4) is 0 Å². The second-order valence-corrected chi connectivity index (χ2v) is 6.50. The molecule has 2 heterocycles. The zero-order chi connectivity index (χ0) is 12.4. The Bertz CT molecular complexity index is 579. The first-order valence-corrected chi connectivity index (χ1v) is 7.59. The van der Waals surface area contributed by atoms with E-state index in [-0.39, 0.29) is 5.41 Å². The summed E-state index contributed by atoms with van der Waals surface area (Å²) in [7, 11) is 0. The van der Waals surface area contributed by atoms with Gasteiger partial charge in [-0.3, -0.25) is 0 Å². The first kappa shape index (κ1) is 10.5. The van der Waals surface area contributed by atoms with E-state index in [9.17, 15) is 0 Å². The van der Waals surface area contributed by atoms with Gasteiger partial charge in [-0.1, -0.05) is 24.3 Å². The highest BCUT2D eigenvalue weighted by atomic mass is 16.5. The number of nitrogens with one attached hydrogen (secondary N) is 1. The van der Waals surface area contributed by atoms with Crippen LogP contribution in [-0.2, 0) is 11.8 Å². The molecular formula is C17H19NO. The van der Waals surface area contributed by atoms with Gasteiger partial charge in [-0.2, -0.15) is 0 Å². The van der Waals surface area contributed by atoms with Gasteiger partial charge in [-0.15, -0.1) is 0 Å². The molecule has 0 radical (unpaired) electrons. The third kappa shape index (κ3) is 1.13. The Morgan fingerprint density at radius 2 is 2.32 bits per heavy atom. The van der Waals surface area contributed by atoms with E-state index in [1.54, 1.807) is 5.56 Å². The van der Waals surface area contributed by atoms with Crippen LogP contribution < -0.4 is 10.1 Å². The maximum atomic E-state index is 6.36. The van der Waals surface area contributed by atoms with Gasteiger partial charge in [-0.05, 0) is 37.4 Å². The van der Waals surface area contributed by atoms with Gasteiger partial charge in [0.2, 0.25) is 0 Å². The molecule has 4 aliphatic rings. The molecule has 0 aromatic heterocycles. The molecule has 98 valence electrons. The quantitative estimate of drug-likeness (QED) is 0.718. The Morgan fingerprint density at radius 1 is 1.32 bits per heavy atom. The third-order valence-electron chi connectivity index (χ3n) is 5.76. The lowest BCUT2D eigenvalue weighted by Gasteiger charge is -2.47. The molecule has 2 aliphatic carbocycles. The van der Waals surface area contributed by atoms with Gasteiger partial charge in [0.15, 0.2) is 0 Å². The molecule has 0 saturated carbocycles. The monoisotopic (exact) mass is 253 g/mol. The van der Waals surface area contributed by atoms with Crippen LogP contribution in [0, 0.1) is 5.92 Å². The Balaban J connectivity index is 1.84. The zero-order valence-electron chi connectivity index (χ0n) is 11.1. The van der Waals surface area contributed by atoms with Crippen molar-refractivity contribution in [1.82, 2.24) is 5.32 Å². The summed E-state index contributed by atoms with van der Waals surface area (Å²) in [6.07, 6.45) is 10.0. The van der Waals surface area contributed by atoms with Gasteiger partial charge in [0.05, 0.1) is 0 Å². The summed E-state index contributed by atoms with van der Waals surface area (Å²) in [5.41, 5.74) is 3.37. The number of ether oxygens (including phenoxy) is 1. The van der Waals surface area contributed by atoms with E-state index in [0.717, 1.165) is 19.4 Å². The van der Waals surface area contributed by atoms with E-state index in [1.807, 2.05) is 0 Å². The number of benzene rings is 1. The molecule has 2 nitrogen and oxygen atoms in total. The molecule has 5 rings (SSSR count). The summed E-state index contributed by atoms with van der Waals surface area (Å²) in [6.45, 7) is 1.16. The summed E-state index contributed by atoms with van der Waals surface area (Å²) in [5.74, 6) is 1.81. The first-order valence-electron chi connectivity index (χ1n) is 7.59. The molecule has 2 bridgehead atoms. The predicted octanol–water partition coefficient (Wildman–Crippen LogP) is 2.57. The van der Waals surface area contributed by atoms with E-state index in [1.165, 1.54) is 24.2 Å². The molecule has 1 N–H and O–H groups in total. The Morgan fingerprint density at radius 3 is 3.32 bits per heavy atom. The van der Waals surface area contributed by atoms with Crippen LogP contribution in [0.1, 0.15) is 30.4 Å². The molecular weight excluding hydrogens is 234 g/mol. The Kier molecular flexibility index (Phi) is 1.89. The van der Waals surface area contributed by atoms with Gasteiger partial charge in [0.25, 0.3) is 0 Å². The number of rotatable bonds is 0. The highest BCUT2D eigenvalue weighted by Crippen LogP contribution is 2.59. The maximum absolute atomic E-state index is 6.36. The lowest BCUT2D eigenvalue weighted by molar-refractivity contribution is 0.0872. The zero-order valence-corrected chi connectivity index (χ0v) is 11.1. The van der Waals surface area contributed by atoms with Crippen LogP contribution in [-0.4, -0.2) is 18.7 Å². The Hall–Kier alpha value is -1.28. The third-order valence-corrected chi connectivity index (χ3v) is 5.76. The molecule has 1 spiro atoms. The molecule has 4 atom stereocenters. The average molecular weight is 253 g/mol. The largest absolute Gasteiger partial charge is 0.489 e. The topological polar surface area (TPSA) is 21.3 Å². The second-order valence-electron chi connectivity index (χ2n) is 6.50. The minimum atomic E-state index is 0.271. The van der Waals surface area contributed by atoms with Crippen LogP contribution >= 0.6 is 0 Å². The minimum Gasteiger partial charge on any atom is -0.489 e. The number of hydrogen-bond acceptors (Lipinski definition) is 2. The van der Waals surface area contributed by atoms with Crippen LogP contribution in [0.2, 0.25) is 0 Å². The summed E-state index contributed by atoms with van der Waals surface area (Å²) in [5, 5.41) is 3.78. The fourth-order valence-electron chi connectivity index (χ4n) is 5.13. The fraction of sp³-hybridized carbons (Fsp3) is 0.529. The van der Waals surface area contributed by atoms with Gasteiger partial charge in [-0.25, -0.2) is 0 Å². The standard InChI is InChI=1S/C17H19NO/c1-4-11-10-13-12-5-2-7-15-17(12,8-3-9-18-13)16(11)14(6-1)19-15/h1-2,4-6,12-13,15,18H,3,7-10H2/t12?,13-,15?,17-/m1/s1. The van der Waals surface area contributed by atoms with E-state index in [0.29, 0.717) is 18.1 Å². The normalized spacial score (nSPS) is 41.4. The van der Waals surface area contributed by atoms with Crippen LogP contribution in [0.25, 0.3) is 0 Å². The highest BCUT2D eigenvalue weighted by molar-refractivity contribution is 5.55. The van der Waals surface area contributed by atoms with Gasteiger partial charge >= 0.3 is 0 Å². The molecule has 1 fully saturated rings. The van der Waals surface area contributed by atoms with Crippen molar-refractivity contribution >= 4 is 0 Å². The van der Waals surface area contributed by atoms with Gasteiger partial charge in [0.1, 0.15) is 11.9 Å². The molecule has 2 aliphatic heterocycles. The summed E-state index contributed by atoms with van der Waals surface area (Å²) < 4.78 is 6.36. The van der Waals surface area contributed by atoms with Crippen molar-refractivity contribution < 1.29 is 4.74 Å². The molecule has 1 aromatic carbocycles. The Labute approximate surface area is 113 Å². The molecule has 2 heteroatoms. The highest BCUT2D eigenvalue weighted by Gasteiger charge is 2.59. The lowest BCUT2D eigenvalue weighted by atomic mass is 9.56. The average Bonchev–Trinajstić information content (AvgIpc) is 2.70. The van der Waals surface area contributed by atoms with E-state index < -0.39 is 0 Å². The van der Waals surface area contributed by atoms with E-state index >= 15 is 0 Å². The molecule has 1 aromatic rings. The van der Waals surface area contributed by atoms with Crippen LogP contribution in [0.4, 0.5) is 0 Å². The minimum absolute atomic E-state index is 0.271. The maximum Gasteiger partial charge on any atom is 0.123 e. The van der Waals surface area contributed by atoms with Crippen molar-refractivity contribution in [2.45, 2.75) is 43.2 Å². The summed E-state index contributed by atoms with van der Waals surface area (Å²) in [4.78, 5) is 0. The summed E-state index contributed by atoms with van der Waals surface area (Å²) in [6, 6.07) is 7.27. The molecule has 0 amide bonds. The van der Waals surface area contributed by atoms with Crippen molar-refractivity contribution in [2.75, 3.05) is 6.54 Å². The van der Waals surface area contributed by atoms with Gasteiger partial charge < -0.3 is 10.1 Å². The van der Waals surface area contributed by atoms with Gasteiger partial charge in [0, 0.05) is 29.4 Å². The molecule has 2 unspecified atom stereocenters. The van der Waals surface area contributed by atoms with E-state index in [4.69, 9.17) is 4.74 Å². The summed E-state index contributed by atoms with van der Waals surface area (Å²) >= 11 is 0. The van der Waals surface area contributed by atoms with Crippen LogP contribution in [0.15, 0.2) is 30.4 Å². The van der Waals surface area contributed by atoms with Crippen molar-refractivity contribution in [1.29, 1.82) is 0 Å². The SMILES string of the molecule is C1=CC2[C@H]3Cc4cccc5c4[C@@]2(CCCN3)C(C1)O5. The molecule has 1 saturated heterocycles.